The summed E-state index contributed by atoms with van der Waals surface area (Å²) in [6.07, 6.45) is 2.16. The molecule has 0 aromatic carbocycles. The van der Waals surface area contributed by atoms with E-state index in [-0.39, 0.29) is 18.9 Å². The van der Waals surface area contributed by atoms with Crippen LogP contribution in [0.4, 0.5) is 0 Å². The molecule has 0 saturated carbocycles. The van der Waals surface area contributed by atoms with Gasteiger partial charge in [-0.25, -0.2) is 0 Å². The summed E-state index contributed by atoms with van der Waals surface area (Å²) >= 11 is 0. The van der Waals surface area contributed by atoms with Gasteiger partial charge in [0.2, 0.25) is 0 Å². The summed E-state index contributed by atoms with van der Waals surface area (Å²) in [4.78, 5) is 0. The Morgan fingerprint density at radius 2 is 2.33 bits per heavy atom. The van der Waals surface area contributed by atoms with E-state index in [4.69, 9.17) is 0 Å². The number of hydrogen-bond donors (Lipinski definition) is 0. The Balaban J connectivity index is 0.000000250. The summed E-state index contributed by atoms with van der Waals surface area (Å²) in [7, 11) is 3.69. The van der Waals surface area contributed by atoms with E-state index >= 15 is 0 Å². The Morgan fingerprint density at radius 3 is 2.50 bits per heavy atom. The molecule has 0 N–H and O–H groups in total. The van der Waals surface area contributed by atoms with Gasteiger partial charge in [-0.3, -0.25) is 0 Å². The molecule has 0 nitrogen and oxygen atoms in total. The molecular weight excluding hydrogens is 107 g/mol. The Kier molecular flexibility index (Phi) is 4.93. The Bertz CT molecular complexity index is 46.8. The molecule has 30 valence electrons. The standard InChI is InChI=1S/C3H4S2.Li.H/c1-2-4-5-3-1;;/h1-2H,3H2;;. The summed E-state index contributed by atoms with van der Waals surface area (Å²) in [5, 5.41) is 2.12. The van der Waals surface area contributed by atoms with Crippen LogP contribution in [0.5, 0.6) is 0 Å². The van der Waals surface area contributed by atoms with Crippen LogP contribution >= 0.6 is 21.6 Å². The van der Waals surface area contributed by atoms with Crippen LogP contribution in [0, 0.1) is 0 Å². The molecule has 0 aromatic heterocycles. The molecule has 0 aliphatic carbocycles. The SMILES string of the molecule is C1=CSSC1.[LiH]. The molecule has 3 heteroatoms. The van der Waals surface area contributed by atoms with Crippen LogP contribution in [-0.4, -0.2) is 24.6 Å². The van der Waals surface area contributed by atoms with Crippen LogP contribution < -0.4 is 0 Å². The first-order valence-electron chi connectivity index (χ1n) is 1.43. The van der Waals surface area contributed by atoms with Crippen LogP contribution in [0.1, 0.15) is 0 Å². The topological polar surface area (TPSA) is 0 Å². The number of rotatable bonds is 0. The van der Waals surface area contributed by atoms with Gasteiger partial charge in [0.15, 0.2) is 0 Å². The van der Waals surface area contributed by atoms with Crippen molar-refractivity contribution in [3.8, 4) is 0 Å². The predicted octanol–water partition coefficient (Wildman–Crippen LogP) is 1.25. The third kappa shape index (κ3) is 2.25. The molecule has 1 rings (SSSR count). The van der Waals surface area contributed by atoms with E-state index in [1.807, 2.05) is 21.6 Å². The quantitative estimate of drug-likeness (QED) is 0.341. The molecule has 0 bridgehead atoms. The van der Waals surface area contributed by atoms with Crippen molar-refractivity contribution in [2.24, 2.45) is 0 Å². The van der Waals surface area contributed by atoms with Gasteiger partial charge < -0.3 is 0 Å². The fourth-order valence-corrected chi connectivity index (χ4v) is 1.77. The van der Waals surface area contributed by atoms with Gasteiger partial charge in [-0.2, -0.15) is 0 Å². The van der Waals surface area contributed by atoms with Crippen molar-refractivity contribution in [2.75, 3.05) is 5.75 Å². The van der Waals surface area contributed by atoms with Crippen molar-refractivity contribution >= 4 is 40.4 Å². The van der Waals surface area contributed by atoms with E-state index in [9.17, 15) is 0 Å². The molecule has 0 unspecified atom stereocenters. The van der Waals surface area contributed by atoms with Crippen LogP contribution in [0.2, 0.25) is 0 Å². The molecule has 1 aliphatic rings. The fraction of sp³-hybridized carbons (Fsp3) is 0.333. The minimum atomic E-state index is 0. The number of hydrogen-bond acceptors (Lipinski definition) is 2. The molecule has 0 radical (unpaired) electrons. The molecule has 1 aliphatic heterocycles. The van der Waals surface area contributed by atoms with E-state index in [1.54, 1.807) is 0 Å². The van der Waals surface area contributed by atoms with Gasteiger partial charge in [-0.1, -0.05) is 27.7 Å². The summed E-state index contributed by atoms with van der Waals surface area (Å²) < 4.78 is 0. The van der Waals surface area contributed by atoms with Gasteiger partial charge in [0.1, 0.15) is 0 Å². The van der Waals surface area contributed by atoms with Crippen molar-refractivity contribution in [2.45, 2.75) is 0 Å². The monoisotopic (exact) mass is 112 g/mol. The van der Waals surface area contributed by atoms with Gasteiger partial charge in [-0.15, -0.1) is 0 Å². The van der Waals surface area contributed by atoms with E-state index in [0.29, 0.717) is 0 Å². The van der Waals surface area contributed by atoms with Gasteiger partial charge in [0.05, 0.1) is 0 Å². The van der Waals surface area contributed by atoms with Gasteiger partial charge in [0.25, 0.3) is 0 Å². The summed E-state index contributed by atoms with van der Waals surface area (Å²) in [6, 6.07) is 0. The maximum absolute atomic E-state index is 2.16. The molecular formula is C3H5LiS2. The predicted molar refractivity (Wildman–Crippen MR) is 36.3 cm³/mol. The van der Waals surface area contributed by atoms with Crippen LogP contribution in [-0.2, 0) is 0 Å². The van der Waals surface area contributed by atoms with Gasteiger partial charge in [-0.05, 0) is 5.41 Å². The third-order valence-electron chi connectivity index (χ3n) is 0.384. The first kappa shape index (κ1) is 7.04. The van der Waals surface area contributed by atoms with E-state index in [2.05, 4.69) is 11.5 Å². The Hall–Kier alpha value is 1.04. The van der Waals surface area contributed by atoms with E-state index < -0.39 is 0 Å². The molecule has 0 spiro atoms. The van der Waals surface area contributed by atoms with E-state index in [1.165, 1.54) is 5.75 Å². The molecule has 0 amide bonds. The second-order valence-electron chi connectivity index (χ2n) is 0.753. The molecule has 6 heavy (non-hydrogen) atoms. The molecule has 0 fully saturated rings. The second kappa shape index (κ2) is 4.20. The second-order valence-corrected chi connectivity index (χ2v) is 3.07. The van der Waals surface area contributed by atoms with Gasteiger partial charge >= 0.3 is 18.9 Å². The maximum atomic E-state index is 2.16. The molecule has 0 aromatic rings. The van der Waals surface area contributed by atoms with Crippen molar-refractivity contribution in [3.05, 3.63) is 11.5 Å². The van der Waals surface area contributed by atoms with Crippen molar-refractivity contribution < 1.29 is 0 Å². The molecule has 1 heterocycles. The van der Waals surface area contributed by atoms with E-state index in [0.717, 1.165) is 0 Å². The average Bonchev–Trinajstić information content (AvgIpc) is 1.76. The minimum absolute atomic E-state index is 0. The van der Waals surface area contributed by atoms with Crippen molar-refractivity contribution in [3.63, 3.8) is 0 Å². The van der Waals surface area contributed by atoms with Crippen molar-refractivity contribution in [1.29, 1.82) is 0 Å². The third-order valence-corrected chi connectivity index (χ3v) is 2.30. The van der Waals surface area contributed by atoms with Crippen molar-refractivity contribution in [1.82, 2.24) is 0 Å². The fourth-order valence-electron chi connectivity index (χ4n) is 0.196. The Labute approximate surface area is 57.7 Å². The van der Waals surface area contributed by atoms with Gasteiger partial charge in [0, 0.05) is 5.75 Å². The summed E-state index contributed by atoms with van der Waals surface area (Å²) in [5.41, 5.74) is 0. The van der Waals surface area contributed by atoms with Crippen LogP contribution in [0.25, 0.3) is 0 Å². The Morgan fingerprint density at radius 1 is 1.50 bits per heavy atom. The zero-order valence-electron chi connectivity index (χ0n) is 2.68. The first-order valence-corrected chi connectivity index (χ1v) is 3.81. The van der Waals surface area contributed by atoms with Crippen LogP contribution in [0.3, 0.4) is 0 Å². The zero-order valence-corrected chi connectivity index (χ0v) is 4.31. The zero-order chi connectivity index (χ0) is 3.54. The summed E-state index contributed by atoms with van der Waals surface area (Å²) in [5.74, 6) is 1.20. The summed E-state index contributed by atoms with van der Waals surface area (Å²) in [6.45, 7) is 0. The average molecular weight is 112 g/mol. The molecule has 0 saturated heterocycles. The van der Waals surface area contributed by atoms with Crippen LogP contribution in [0.15, 0.2) is 11.5 Å². The normalized spacial score (nSPS) is 17.3. The first-order chi connectivity index (χ1) is 2.50. The molecule has 0 atom stereocenters.